The van der Waals surface area contributed by atoms with E-state index in [2.05, 4.69) is 5.43 Å². The zero-order chi connectivity index (χ0) is 15.2. The van der Waals surface area contributed by atoms with Gasteiger partial charge in [0.2, 0.25) is 0 Å². The number of hydrazine groups is 1. The fraction of sp³-hybridized carbons (Fsp3) is 0.0667. The molecule has 2 aromatic rings. The lowest BCUT2D eigenvalue weighted by atomic mass is 10.1. The summed E-state index contributed by atoms with van der Waals surface area (Å²) in [5, 5.41) is 0.334. The number of nitrogens with one attached hydrogen (secondary N) is 1. The normalized spacial score (nSPS) is 10.0. The first-order valence-corrected chi connectivity index (χ1v) is 6.50. The van der Waals surface area contributed by atoms with Gasteiger partial charge in [-0.2, -0.15) is 0 Å². The third-order valence-corrected chi connectivity index (χ3v) is 3.16. The Bertz CT molecular complexity index is 674. The van der Waals surface area contributed by atoms with Gasteiger partial charge in [-0.1, -0.05) is 29.8 Å². The third-order valence-electron chi connectivity index (χ3n) is 2.87. The highest BCUT2D eigenvalue weighted by Gasteiger charge is 2.10. The summed E-state index contributed by atoms with van der Waals surface area (Å²) < 4.78 is 5.59. The van der Waals surface area contributed by atoms with Gasteiger partial charge in [0.25, 0.3) is 5.91 Å². The van der Waals surface area contributed by atoms with Crippen LogP contribution in [-0.2, 0) is 6.61 Å². The lowest BCUT2D eigenvalue weighted by Crippen LogP contribution is -2.30. The Labute approximate surface area is 126 Å². The van der Waals surface area contributed by atoms with Crippen LogP contribution in [0.1, 0.15) is 26.3 Å². The quantitative estimate of drug-likeness (QED) is 0.384. The molecule has 0 aromatic heterocycles. The van der Waals surface area contributed by atoms with E-state index in [0.29, 0.717) is 33.7 Å². The van der Waals surface area contributed by atoms with E-state index in [0.717, 1.165) is 0 Å². The van der Waals surface area contributed by atoms with Gasteiger partial charge in [-0.15, -0.1) is 0 Å². The Kier molecular flexibility index (Phi) is 4.92. The van der Waals surface area contributed by atoms with Gasteiger partial charge in [0.05, 0.1) is 5.02 Å². The first-order valence-electron chi connectivity index (χ1n) is 6.12. The van der Waals surface area contributed by atoms with Crippen LogP contribution in [0.5, 0.6) is 5.75 Å². The molecule has 0 aliphatic heterocycles. The first-order chi connectivity index (χ1) is 10.2. The van der Waals surface area contributed by atoms with E-state index in [9.17, 15) is 9.59 Å². The van der Waals surface area contributed by atoms with Crippen LogP contribution in [0.4, 0.5) is 0 Å². The van der Waals surface area contributed by atoms with Gasteiger partial charge >= 0.3 is 0 Å². The number of rotatable bonds is 5. The molecule has 1 amide bonds. The predicted octanol–water partition coefficient (Wildman–Crippen LogP) is 2.33. The molecule has 0 aliphatic rings. The molecule has 0 saturated heterocycles. The third kappa shape index (κ3) is 3.59. The van der Waals surface area contributed by atoms with Crippen molar-refractivity contribution < 1.29 is 14.3 Å². The van der Waals surface area contributed by atoms with Gasteiger partial charge in [0.1, 0.15) is 18.6 Å². The van der Waals surface area contributed by atoms with Gasteiger partial charge < -0.3 is 4.74 Å². The van der Waals surface area contributed by atoms with Crippen LogP contribution >= 0.6 is 11.6 Å². The summed E-state index contributed by atoms with van der Waals surface area (Å²) in [6.07, 6.45) is 0.705. The van der Waals surface area contributed by atoms with Crippen molar-refractivity contribution in [1.82, 2.24) is 5.43 Å². The molecule has 0 heterocycles. The summed E-state index contributed by atoms with van der Waals surface area (Å²) in [4.78, 5) is 22.3. The highest BCUT2D eigenvalue weighted by atomic mass is 35.5. The maximum Gasteiger partial charge on any atom is 0.265 e. The monoisotopic (exact) mass is 304 g/mol. The Morgan fingerprint density at radius 2 is 2.05 bits per heavy atom. The average Bonchev–Trinajstić information content (AvgIpc) is 2.53. The number of ether oxygens (including phenoxy) is 1. The topological polar surface area (TPSA) is 81.4 Å². The van der Waals surface area contributed by atoms with Crippen LogP contribution in [0.15, 0.2) is 42.5 Å². The molecule has 2 aromatic carbocycles. The highest BCUT2D eigenvalue weighted by Crippen LogP contribution is 2.26. The molecule has 6 heteroatoms. The number of halogens is 1. The van der Waals surface area contributed by atoms with Crippen molar-refractivity contribution in [1.29, 1.82) is 0 Å². The van der Waals surface area contributed by atoms with Crippen molar-refractivity contribution in [3.05, 3.63) is 64.2 Å². The Morgan fingerprint density at radius 3 is 2.71 bits per heavy atom. The lowest BCUT2D eigenvalue weighted by molar-refractivity contribution is 0.0950. The molecule has 0 unspecified atom stereocenters. The molecule has 5 nitrogen and oxygen atoms in total. The van der Waals surface area contributed by atoms with Crippen LogP contribution < -0.4 is 16.0 Å². The van der Waals surface area contributed by atoms with E-state index >= 15 is 0 Å². The van der Waals surface area contributed by atoms with Gasteiger partial charge in [-0.05, 0) is 24.3 Å². The number of amides is 1. The number of nitrogen functional groups attached to an aromatic ring is 1. The van der Waals surface area contributed by atoms with Crippen molar-refractivity contribution in [3.63, 3.8) is 0 Å². The SMILES string of the molecule is NNC(=O)c1ccccc1COc1ccc(C=O)cc1Cl. The molecular weight excluding hydrogens is 292 g/mol. The summed E-state index contributed by atoms with van der Waals surface area (Å²) in [5.74, 6) is 5.19. The van der Waals surface area contributed by atoms with E-state index in [1.165, 1.54) is 6.07 Å². The van der Waals surface area contributed by atoms with E-state index in [1.807, 2.05) is 0 Å². The standard InChI is InChI=1S/C15H13ClN2O3/c16-13-7-10(8-19)5-6-14(13)21-9-11-3-1-2-4-12(11)15(20)18-17/h1-8H,9,17H2,(H,18,20). The zero-order valence-electron chi connectivity index (χ0n) is 11.0. The summed E-state index contributed by atoms with van der Waals surface area (Å²) >= 11 is 6.02. The molecule has 3 N–H and O–H groups in total. The Balaban J connectivity index is 2.17. The fourth-order valence-electron chi connectivity index (χ4n) is 1.81. The molecule has 0 radical (unpaired) electrons. The largest absolute Gasteiger partial charge is 0.487 e. The van der Waals surface area contributed by atoms with Gasteiger partial charge in [0.15, 0.2) is 0 Å². The second kappa shape index (κ2) is 6.88. The number of hydrogen-bond acceptors (Lipinski definition) is 4. The van der Waals surface area contributed by atoms with Crippen molar-refractivity contribution in [3.8, 4) is 5.75 Å². The molecule has 0 aliphatic carbocycles. The number of benzene rings is 2. The van der Waals surface area contributed by atoms with Crippen molar-refractivity contribution >= 4 is 23.8 Å². The van der Waals surface area contributed by atoms with Crippen LogP contribution in [-0.4, -0.2) is 12.2 Å². The number of aldehydes is 1. The average molecular weight is 305 g/mol. The summed E-state index contributed by atoms with van der Waals surface area (Å²) in [6.45, 7) is 0.156. The minimum Gasteiger partial charge on any atom is -0.487 e. The van der Waals surface area contributed by atoms with Gasteiger partial charge in [-0.3, -0.25) is 15.0 Å². The van der Waals surface area contributed by atoms with Crippen molar-refractivity contribution in [2.24, 2.45) is 5.84 Å². The molecule has 0 spiro atoms. The van der Waals surface area contributed by atoms with E-state index in [1.54, 1.807) is 36.4 Å². The molecule has 0 saturated carbocycles. The van der Waals surface area contributed by atoms with Crippen LogP contribution in [0.2, 0.25) is 5.02 Å². The minimum absolute atomic E-state index is 0.156. The van der Waals surface area contributed by atoms with E-state index in [-0.39, 0.29) is 6.61 Å². The molecule has 21 heavy (non-hydrogen) atoms. The molecule has 0 atom stereocenters. The number of nitrogens with two attached hydrogens (primary N) is 1. The van der Waals surface area contributed by atoms with Crippen molar-refractivity contribution in [2.45, 2.75) is 6.61 Å². The van der Waals surface area contributed by atoms with Gasteiger partial charge in [0, 0.05) is 16.7 Å². The summed E-state index contributed by atoms with van der Waals surface area (Å²) in [5.41, 5.74) is 3.66. The van der Waals surface area contributed by atoms with E-state index in [4.69, 9.17) is 22.2 Å². The summed E-state index contributed by atoms with van der Waals surface area (Å²) in [6, 6.07) is 11.7. The maximum absolute atomic E-state index is 11.6. The number of carbonyl (C=O) groups is 2. The number of carbonyl (C=O) groups excluding carboxylic acids is 2. The minimum atomic E-state index is -0.392. The van der Waals surface area contributed by atoms with Gasteiger partial charge in [-0.25, -0.2) is 5.84 Å². The summed E-state index contributed by atoms with van der Waals surface area (Å²) in [7, 11) is 0. The Morgan fingerprint density at radius 1 is 1.29 bits per heavy atom. The Hall–Kier alpha value is -2.37. The second-order valence-corrected chi connectivity index (χ2v) is 4.63. The number of hydrogen-bond donors (Lipinski definition) is 2. The maximum atomic E-state index is 11.6. The van der Waals surface area contributed by atoms with E-state index < -0.39 is 5.91 Å². The molecule has 108 valence electrons. The van der Waals surface area contributed by atoms with Crippen molar-refractivity contribution in [2.75, 3.05) is 0 Å². The fourth-order valence-corrected chi connectivity index (χ4v) is 2.05. The second-order valence-electron chi connectivity index (χ2n) is 4.23. The lowest BCUT2D eigenvalue weighted by Gasteiger charge is -2.11. The molecule has 2 rings (SSSR count). The highest BCUT2D eigenvalue weighted by molar-refractivity contribution is 6.32. The molecule has 0 fully saturated rings. The van der Waals surface area contributed by atoms with Crippen LogP contribution in [0.3, 0.4) is 0 Å². The van der Waals surface area contributed by atoms with Crippen LogP contribution in [0.25, 0.3) is 0 Å². The smallest absolute Gasteiger partial charge is 0.265 e. The first kappa shape index (κ1) is 15.0. The zero-order valence-corrected chi connectivity index (χ0v) is 11.8. The molecule has 0 bridgehead atoms. The predicted molar refractivity (Wildman–Crippen MR) is 79.3 cm³/mol. The molecular formula is C15H13ClN2O3. The van der Waals surface area contributed by atoms with Crippen LogP contribution in [0, 0.1) is 0 Å².